The lowest BCUT2D eigenvalue weighted by molar-refractivity contribution is 0.128. The summed E-state index contributed by atoms with van der Waals surface area (Å²) in [5, 5.41) is 15.5. The third-order valence-electron chi connectivity index (χ3n) is 2.72. The molecule has 5 nitrogen and oxygen atoms in total. The summed E-state index contributed by atoms with van der Waals surface area (Å²) in [5.74, 6) is 0.0427. The van der Waals surface area contributed by atoms with E-state index < -0.39 is 0 Å². The number of rotatable bonds is 6. The number of benzene rings is 1. The second kappa shape index (κ2) is 6.75. The molecule has 0 fully saturated rings. The molecule has 0 saturated carbocycles. The normalized spacial score (nSPS) is 12.7. The van der Waals surface area contributed by atoms with Crippen LogP contribution < -0.4 is 11.1 Å². The molecule has 19 heavy (non-hydrogen) atoms. The van der Waals surface area contributed by atoms with Gasteiger partial charge in [0, 0.05) is 29.8 Å². The summed E-state index contributed by atoms with van der Waals surface area (Å²) in [7, 11) is 1.67. The van der Waals surface area contributed by atoms with E-state index in [9.17, 15) is 0 Å². The molecule has 6 heteroatoms. The molecule has 0 unspecified atom stereocenters. The summed E-state index contributed by atoms with van der Waals surface area (Å²) in [6.45, 7) is 5.32. The standard InChI is InChI=1S/C13H20ClN3O2/c1-13(2,8-19-3)16-7-10-5-4-9(6-11(10)14)12(15)17-18/h4-6,16,18H,7-8H2,1-3H3,(H2,15,17). The van der Waals surface area contributed by atoms with Crippen LogP contribution in [0.15, 0.2) is 23.4 Å². The van der Waals surface area contributed by atoms with Crippen molar-refractivity contribution in [3.8, 4) is 0 Å². The van der Waals surface area contributed by atoms with E-state index in [4.69, 9.17) is 27.3 Å². The van der Waals surface area contributed by atoms with Crippen LogP contribution >= 0.6 is 11.6 Å². The summed E-state index contributed by atoms with van der Waals surface area (Å²) in [5.41, 5.74) is 6.90. The van der Waals surface area contributed by atoms with Crippen molar-refractivity contribution in [2.24, 2.45) is 10.9 Å². The van der Waals surface area contributed by atoms with Crippen LogP contribution in [0.25, 0.3) is 0 Å². The fourth-order valence-corrected chi connectivity index (χ4v) is 1.90. The number of nitrogens with one attached hydrogen (secondary N) is 1. The summed E-state index contributed by atoms with van der Waals surface area (Å²) in [6.07, 6.45) is 0. The molecule has 1 aromatic carbocycles. The highest BCUT2D eigenvalue weighted by Gasteiger charge is 2.17. The van der Waals surface area contributed by atoms with Gasteiger partial charge in [-0.1, -0.05) is 28.9 Å². The minimum Gasteiger partial charge on any atom is -0.409 e. The van der Waals surface area contributed by atoms with E-state index in [1.807, 2.05) is 6.07 Å². The first-order valence-electron chi connectivity index (χ1n) is 5.90. The first-order valence-corrected chi connectivity index (χ1v) is 6.27. The maximum Gasteiger partial charge on any atom is 0.170 e. The molecule has 1 aromatic rings. The highest BCUT2D eigenvalue weighted by atomic mass is 35.5. The summed E-state index contributed by atoms with van der Waals surface area (Å²) < 4.78 is 5.13. The Labute approximate surface area is 118 Å². The van der Waals surface area contributed by atoms with Crippen molar-refractivity contribution in [2.75, 3.05) is 13.7 Å². The molecule has 0 amide bonds. The number of halogens is 1. The fraction of sp³-hybridized carbons (Fsp3) is 0.462. The van der Waals surface area contributed by atoms with E-state index in [0.29, 0.717) is 23.7 Å². The maximum atomic E-state index is 8.61. The predicted molar refractivity (Wildman–Crippen MR) is 76.8 cm³/mol. The van der Waals surface area contributed by atoms with Gasteiger partial charge in [-0.05, 0) is 25.5 Å². The molecule has 0 atom stereocenters. The molecule has 4 N–H and O–H groups in total. The lowest BCUT2D eigenvalue weighted by Crippen LogP contribution is -2.42. The van der Waals surface area contributed by atoms with Crippen molar-refractivity contribution in [3.05, 3.63) is 34.3 Å². The van der Waals surface area contributed by atoms with Crippen LogP contribution in [-0.2, 0) is 11.3 Å². The topological polar surface area (TPSA) is 79.9 Å². The maximum absolute atomic E-state index is 8.61. The van der Waals surface area contributed by atoms with E-state index in [1.54, 1.807) is 19.2 Å². The molecule has 0 aliphatic carbocycles. The fourth-order valence-electron chi connectivity index (χ4n) is 1.65. The minimum atomic E-state index is -0.137. The largest absolute Gasteiger partial charge is 0.409 e. The van der Waals surface area contributed by atoms with Crippen molar-refractivity contribution in [3.63, 3.8) is 0 Å². The molecule has 0 radical (unpaired) electrons. The van der Waals surface area contributed by atoms with Gasteiger partial charge in [-0.3, -0.25) is 0 Å². The number of amidine groups is 1. The molecule has 0 saturated heterocycles. The van der Waals surface area contributed by atoms with Crippen molar-refractivity contribution < 1.29 is 9.94 Å². The number of nitrogens with zero attached hydrogens (tertiary/aromatic N) is 1. The van der Waals surface area contributed by atoms with Crippen LogP contribution in [0.4, 0.5) is 0 Å². The number of hydrogen-bond donors (Lipinski definition) is 3. The molecular weight excluding hydrogens is 266 g/mol. The number of methoxy groups -OCH3 is 1. The van der Waals surface area contributed by atoms with Gasteiger partial charge < -0.3 is 21.0 Å². The van der Waals surface area contributed by atoms with Crippen LogP contribution in [0.2, 0.25) is 5.02 Å². The van der Waals surface area contributed by atoms with Gasteiger partial charge in [-0.25, -0.2) is 0 Å². The predicted octanol–water partition coefficient (Wildman–Crippen LogP) is 1.95. The monoisotopic (exact) mass is 285 g/mol. The van der Waals surface area contributed by atoms with E-state index >= 15 is 0 Å². The molecule has 0 heterocycles. The number of hydrogen-bond acceptors (Lipinski definition) is 4. The molecule has 1 rings (SSSR count). The number of oxime groups is 1. The molecule has 0 aliphatic heterocycles. The Balaban J connectivity index is 2.76. The second-order valence-corrected chi connectivity index (χ2v) is 5.37. The van der Waals surface area contributed by atoms with E-state index in [1.165, 1.54) is 0 Å². The third kappa shape index (κ3) is 4.70. The van der Waals surface area contributed by atoms with Crippen LogP contribution in [-0.4, -0.2) is 30.3 Å². The van der Waals surface area contributed by atoms with Crippen LogP contribution in [0.5, 0.6) is 0 Å². The zero-order valence-electron chi connectivity index (χ0n) is 11.4. The highest BCUT2D eigenvalue weighted by molar-refractivity contribution is 6.31. The quantitative estimate of drug-likeness (QED) is 0.323. The number of nitrogens with two attached hydrogens (primary N) is 1. The van der Waals surface area contributed by atoms with Gasteiger partial charge in [0.25, 0.3) is 0 Å². The lowest BCUT2D eigenvalue weighted by Gasteiger charge is -2.25. The van der Waals surface area contributed by atoms with Gasteiger partial charge in [0.05, 0.1) is 6.61 Å². The zero-order chi connectivity index (χ0) is 14.5. The third-order valence-corrected chi connectivity index (χ3v) is 3.07. The summed E-state index contributed by atoms with van der Waals surface area (Å²) >= 11 is 6.17. The average molecular weight is 286 g/mol. The first-order chi connectivity index (χ1) is 8.89. The second-order valence-electron chi connectivity index (χ2n) is 4.96. The Kier molecular flexibility index (Phi) is 5.60. The van der Waals surface area contributed by atoms with Crippen molar-refractivity contribution in [2.45, 2.75) is 25.9 Å². The SMILES string of the molecule is COCC(C)(C)NCc1ccc(/C(N)=N/O)cc1Cl. The highest BCUT2D eigenvalue weighted by Crippen LogP contribution is 2.18. The van der Waals surface area contributed by atoms with Crippen LogP contribution in [0.1, 0.15) is 25.0 Å². The van der Waals surface area contributed by atoms with Gasteiger partial charge in [-0.2, -0.15) is 0 Å². The lowest BCUT2D eigenvalue weighted by atomic mass is 10.1. The van der Waals surface area contributed by atoms with Crippen molar-refractivity contribution >= 4 is 17.4 Å². The van der Waals surface area contributed by atoms with E-state index in [-0.39, 0.29) is 11.4 Å². The van der Waals surface area contributed by atoms with Crippen LogP contribution in [0, 0.1) is 0 Å². The molecule has 0 bridgehead atoms. The van der Waals surface area contributed by atoms with Gasteiger partial charge in [0.1, 0.15) is 0 Å². The minimum absolute atomic E-state index is 0.0427. The molecule has 0 spiro atoms. The first kappa shape index (κ1) is 15.8. The molecule has 0 aliphatic rings. The zero-order valence-corrected chi connectivity index (χ0v) is 12.2. The summed E-state index contributed by atoms with van der Waals surface area (Å²) in [4.78, 5) is 0. The summed E-state index contributed by atoms with van der Waals surface area (Å²) in [6, 6.07) is 5.30. The molecule has 106 valence electrons. The molecular formula is C13H20ClN3O2. The van der Waals surface area contributed by atoms with E-state index in [2.05, 4.69) is 24.3 Å². The smallest absolute Gasteiger partial charge is 0.170 e. The Morgan fingerprint density at radius 1 is 1.53 bits per heavy atom. The van der Waals surface area contributed by atoms with Crippen molar-refractivity contribution in [1.29, 1.82) is 0 Å². The molecule has 0 aromatic heterocycles. The Morgan fingerprint density at radius 2 is 2.21 bits per heavy atom. The van der Waals surface area contributed by atoms with Gasteiger partial charge in [0.15, 0.2) is 5.84 Å². The average Bonchev–Trinajstić information content (AvgIpc) is 2.36. The Morgan fingerprint density at radius 3 is 2.74 bits per heavy atom. The Hall–Kier alpha value is -1.30. The van der Waals surface area contributed by atoms with Gasteiger partial charge in [-0.15, -0.1) is 0 Å². The van der Waals surface area contributed by atoms with Gasteiger partial charge in [0.2, 0.25) is 0 Å². The van der Waals surface area contributed by atoms with Gasteiger partial charge >= 0.3 is 0 Å². The number of ether oxygens (including phenoxy) is 1. The Bertz CT molecular complexity index is 461. The van der Waals surface area contributed by atoms with E-state index in [0.717, 1.165) is 5.56 Å². The van der Waals surface area contributed by atoms with Crippen LogP contribution in [0.3, 0.4) is 0 Å². The van der Waals surface area contributed by atoms with Crippen molar-refractivity contribution in [1.82, 2.24) is 5.32 Å².